The number of methoxy groups -OCH3 is 1. The van der Waals surface area contributed by atoms with Gasteiger partial charge in [0.15, 0.2) is 0 Å². The Morgan fingerprint density at radius 2 is 1.88 bits per heavy atom. The van der Waals surface area contributed by atoms with E-state index in [2.05, 4.69) is 36.1 Å². The largest absolute Gasteiger partial charge is 0.475 e. The van der Waals surface area contributed by atoms with Crippen LogP contribution in [-0.2, 0) is 19.1 Å². The molecule has 2 N–H and O–H groups in total. The molecule has 3 heterocycles. The Kier molecular flexibility index (Phi) is 14.8. The van der Waals surface area contributed by atoms with Crippen LogP contribution >= 0.6 is 0 Å². The number of pyridine rings is 2. The zero-order valence-corrected chi connectivity index (χ0v) is 25.6. The molecule has 0 aromatic carbocycles. The van der Waals surface area contributed by atoms with Gasteiger partial charge in [-0.15, -0.1) is 0 Å². The van der Waals surface area contributed by atoms with E-state index in [1.54, 1.807) is 37.1 Å². The zero-order valence-electron chi connectivity index (χ0n) is 25.6. The smallest absolute Gasteiger partial charge is 0.471 e. The quantitative estimate of drug-likeness (QED) is 0.322. The summed E-state index contributed by atoms with van der Waals surface area (Å²) in [7, 11) is 1.59. The van der Waals surface area contributed by atoms with Crippen LogP contribution in [0, 0.1) is 28.6 Å². The van der Waals surface area contributed by atoms with Crippen molar-refractivity contribution >= 4 is 29.0 Å². The Balaban J connectivity index is 0.000000386. The molecule has 3 amide bonds. The molecule has 1 aliphatic heterocycles. The number of carbonyl (C=O) groups is 3. The lowest BCUT2D eigenvalue weighted by Crippen LogP contribution is -2.44. The number of ether oxygens (including phenoxy) is 2. The second-order valence-electron chi connectivity index (χ2n) is 11.2. The first kappa shape index (κ1) is 37.0. The van der Waals surface area contributed by atoms with E-state index in [0.29, 0.717) is 44.2 Å². The summed E-state index contributed by atoms with van der Waals surface area (Å²) in [6.45, 7) is 13.7. The molecule has 0 saturated carbocycles. The van der Waals surface area contributed by atoms with Gasteiger partial charge in [-0.2, -0.15) is 18.4 Å². The van der Waals surface area contributed by atoms with Crippen molar-refractivity contribution in [3.05, 3.63) is 30.2 Å². The number of likely N-dealkylation sites (tertiary alicyclic amines) is 1. The van der Waals surface area contributed by atoms with E-state index >= 15 is 0 Å². The fraction of sp³-hybridized carbons (Fsp3) is 0.586. The highest BCUT2D eigenvalue weighted by Gasteiger charge is 2.41. The standard InChI is InChI=1S/C14H14N4O3.C11H17F3N2O2.C4H10/c1-20-2-3-21-14-4-11-10(7-17-14)6-16-8-12(11)13(5-15)18-9-19;1-7-5-16(6-10(7,2)3)8(17)4-15-9(18)11(12,13)14;1-4(2)3/h4,6-9,13H,2-3H2,1H3,(H,18,19);7H,4-6H2,1-3H3,(H,15,18);4H,1-3H3. The highest BCUT2D eigenvalue weighted by Crippen LogP contribution is 2.34. The Morgan fingerprint density at radius 3 is 2.40 bits per heavy atom. The Labute approximate surface area is 250 Å². The third-order valence-corrected chi connectivity index (χ3v) is 6.30. The normalized spacial score (nSPS) is 16.1. The van der Waals surface area contributed by atoms with E-state index < -0.39 is 30.6 Å². The number of halogens is 3. The second-order valence-corrected chi connectivity index (χ2v) is 11.2. The van der Waals surface area contributed by atoms with Gasteiger partial charge in [0, 0.05) is 55.8 Å². The molecule has 3 rings (SSSR count). The van der Waals surface area contributed by atoms with Crippen LogP contribution in [0.25, 0.3) is 10.8 Å². The minimum Gasteiger partial charge on any atom is -0.475 e. The summed E-state index contributed by atoms with van der Waals surface area (Å²) in [5, 5.41) is 14.7. The number of hydrogen-bond donors (Lipinski definition) is 2. The molecule has 1 saturated heterocycles. The summed E-state index contributed by atoms with van der Waals surface area (Å²) in [5.74, 6) is -1.03. The van der Waals surface area contributed by atoms with Gasteiger partial charge < -0.3 is 25.0 Å². The maximum Gasteiger partial charge on any atom is 0.471 e. The lowest BCUT2D eigenvalue weighted by molar-refractivity contribution is -0.174. The molecule has 14 heteroatoms. The summed E-state index contributed by atoms with van der Waals surface area (Å²) >= 11 is 0. The van der Waals surface area contributed by atoms with Crippen molar-refractivity contribution in [3.8, 4) is 11.9 Å². The maximum absolute atomic E-state index is 11.9. The van der Waals surface area contributed by atoms with Gasteiger partial charge in [-0.1, -0.05) is 41.5 Å². The molecule has 11 nitrogen and oxygen atoms in total. The minimum absolute atomic E-state index is 0.0519. The summed E-state index contributed by atoms with van der Waals surface area (Å²) < 4.78 is 46.1. The first-order valence-electron chi connectivity index (χ1n) is 13.6. The summed E-state index contributed by atoms with van der Waals surface area (Å²) in [6, 6.07) is 2.97. The summed E-state index contributed by atoms with van der Waals surface area (Å²) in [4.78, 5) is 42.5. The number of nitriles is 1. The summed E-state index contributed by atoms with van der Waals surface area (Å²) in [6.07, 6.45) is 0.344. The van der Waals surface area contributed by atoms with Crippen LogP contribution in [0.4, 0.5) is 13.2 Å². The van der Waals surface area contributed by atoms with Crippen molar-refractivity contribution in [3.63, 3.8) is 0 Å². The number of rotatable bonds is 9. The van der Waals surface area contributed by atoms with Gasteiger partial charge in [0.1, 0.15) is 12.6 Å². The van der Waals surface area contributed by atoms with Gasteiger partial charge in [0.05, 0.1) is 19.2 Å². The molecule has 1 fully saturated rings. The van der Waals surface area contributed by atoms with Gasteiger partial charge >= 0.3 is 12.1 Å². The molecule has 0 bridgehead atoms. The third kappa shape index (κ3) is 12.4. The fourth-order valence-corrected chi connectivity index (χ4v) is 3.72. The number of aromatic nitrogens is 2. The Hall–Kier alpha value is -3.99. The molecule has 2 aromatic rings. The Morgan fingerprint density at radius 1 is 1.23 bits per heavy atom. The molecule has 1 aliphatic rings. The topological polar surface area (TPSA) is 147 Å². The van der Waals surface area contributed by atoms with Crippen molar-refractivity contribution in [1.29, 1.82) is 5.26 Å². The van der Waals surface area contributed by atoms with E-state index in [9.17, 15) is 27.6 Å². The van der Waals surface area contributed by atoms with Gasteiger partial charge in [-0.25, -0.2) is 4.98 Å². The summed E-state index contributed by atoms with van der Waals surface area (Å²) in [5.41, 5.74) is 0.546. The molecule has 238 valence electrons. The van der Waals surface area contributed by atoms with E-state index in [-0.39, 0.29) is 11.3 Å². The Bertz CT molecular complexity index is 1250. The third-order valence-electron chi connectivity index (χ3n) is 6.30. The number of amides is 3. The molecule has 2 atom stereocenters. The average molecular weight is 611 g/mol. The van der Waals surface area contributed by atoms with Crippen molar-refractivity contribution in [2.24, 2.45) is 17.3 Å². The van der Waals surface area contributed by atoms with Gasteiger partial charge in [0.2, 0.25) is 18.2 Å². The number of nitrogens with zero attached hydrogens (tertiary/aromatic N) is 4. The molecular weight excluding hydrogens is 569 g/mol. The van der Waals surface area contributed by atoms with Crippen LogP contribution in [0.1, 0.15) is 53.1 Å². The van der Waals surface area contributed by atoms with Crippen molar-refractivity contribution in [1.82, 2.24) is 25.5 Å². The average Bonchev–Trinajstić information content (AvgIpc) is 3.21. The van der Waals surface area contributed by atoms with Crippen LogP contribution in [0.15, 0.2) is 24.7 Å². The molecule has 2 unspecified atom stereocenters. The first-order valence-corrected chi connectivity index (χ1v) is 13.6. The van der Waals surface area contributed by atoms with Gasteiger partial charge in [-0.3, -0.25) is 19.4 Å². The number of carbonyl (C=O) groups excluding carboxylic acids is 3. The molecular formula is C29H41F3N6O5. The van der Waals surface area contributed by atoms with Crippen molar-refractivity contribution in [2.45, 2.75) is 53.8 Å². The van der Waals surface area contributed by atoms with Crippen LogP contribution in [0.5, 0.6) is 5.88 Å². The molecule has 2 aromatic heterocycles. The van der Waals surface area contributed by atoms with Crippen LogP contribution < -0.4 is 15.4 Å². The van der Waals surface area contributed by atoms with Crippen molar-refractivity contribution < 1.29 is 37.0 Å². The number of hydrogen-bond acceptors (Lipinski definition) is 8. The minimum atomic E-state index is -4.95. The SMILES string of the molecule is CC(C)C.CC1CN(C(=O)CNC(=O)C(F)(F)F)CC1(C)C.COCCOc1cc2c(C(C#N)NC=O)cncc2cn1. The van der Waals surface area contributed by atoms with E-state index in [1.165, 1.54) is 4.90 Å². The zero-order chi connectivity index (χ0) is 32.8. The van der Waals surface area contributed by atoms with E-state index in [4.69, 9.17) is 14.7 Å². The molecule has 43 heavy (non-hydrogen) atoms. The highest BCUT2D eigenvalue weighted by atomic mass is 19.4. The lowest BCUT2D eigenvalue weighted by atomic mass is 9.84. The van der Waals surface area contributed by atoms with E-state index in [1.807, 2.05) is 26.8 Å². The van der Waals surface area contributed by atoms with Gasteiger partial charge in [0.25, 0.3) is 0 Å². The number of nitrogens with one attached hydrogen (secondary N) is 2. The van der Waals surface area contributed by atoms with Gasteiger partial charge in [-0.05, 0) is 22.6 Å². The monoisotopic (exact) mass is 610 g/mol. The van der Waals surface area contributed by atoms with Crippen molar-refractivity contribution in [2.75, 3.05) is 40.0 Å². The molecule has 0 radical (unpaired) electrons. The highest BCUT2D eigenvalue weighted by molar-refractivity contribution is 5.87. The van der Waals surface area contributed by atoms with Crippen LogP contribution in [0.3, 0.4) is 0 Å². The fourth-order valence-electron chi connectivity index (χ4n) is 3.72. The second kappa shape index (κ2) is 17.2. The van der Waals surface area contributed by atoms with Crippen LogP contribution in [-0.4, -0.2) is 79.2 Å². The molecule has 0 spiro atoms. The van der Waals surface area contributed by atoms with Crippen LogP contribution in [0.2, 0.25) is 0 Å². The number of alkyl halides is 3. The predicted molar refractivity (Wildman–Crippen MR) is 154 cm³/mol. The first-order chi connectivity index (χ1) is 20.1. The number of fused-ring (bicyclic) bond motifs is 1. The maximum atomic E-state index is 11.9. The van der Waals surface area contributed by atoms with E-state index in [0.717, 1.165) is 16.7 Å². The lowest BCUT2D eigenvalue weighted by Gasteiger charge is -2.22. The molecule has 0 aliphatic carbocycles. The predicted octanol–water partition coefficient (Wildman–Crippen LogP) is 3.80.